The Hall–Kier alpha value is -1.79. The van der Waals surface area contributed by atoms with E-state index in [1.165, 1.54) is 16.8 Å². The van der Waals surface area contributed by atoms with Gasteiger partial charge in [0.1, 0.15) is 6.54 Å². The molecule has 0 aliphatic heterocycles. The van der Waals surface area contributed by atoms with Crippen LogP contribution in [0.25, 0.3) is 0 Å². The molecule has 0 aliphatic carbocycles. The lowest BCUT2D eigenvalue weighted by atomic mass is 10.2. The molecule has 7 nitrogen and oxygen atoms in total. The third-order valence-corrected chi connectivity index (χ3v) is 2.38. The number of likely N-dealkylation sites (N-methyl/N-ethyl adjacent to an activating group) is 1. The first-order chi connectivity index (χ1) is 8.25. The van der Waals surface area contributed by atoms with E-state index in [-0.39, 0.29) is 25.0 Å². The topological polar surface area (TPSA) is 104 Å². The van der Waals surface area contributed by atoms with Crippen LogP contribution in [0.2, 0.25) is 0 Å². The molecule has 7 heteroatoms. The number of carboxylic acid groups (broad SMARTS) is 1. The fourth-order valence-electron chi connectivity index (χ4n) is 1.50. The Morgan fingerprint density at radius 2 is 1.83 bits per heavy atom. The second-order valence-electron chi connectivity index (χ2n) is 4.39. The third-order valence-electron chi connectivity index (χ3n) is 2.38. The minimum Gasteiger partial charge on any atom is -0.481 e. The fraction of sp³-hybridized carbons (Fsp3) is 0.727. The van der Waals surface area contributed by atoms with Crippen molar-refractivity contribution in [3.8, 4) is 0 Å². The molecule has 0 rings (SSSR count). The highest BCUT2D eigenvalue weighted by Crippen LogP contribution is 2.06. The number of primary amides is 1. The number of nitrogens with two attached hydrogens (primary N) is 1. The molecule has 0 saturated carbocycles. The summed E-state index contributed by atoms with van der Waals surface area (Å²) in [6.07, 6.45) is 0.389. The molecular formula is C11H21N3O4. The molecule has 104 valence electrons. The molecule has 0 bridgehead atoms. The molecule has 0 radical (unpaired) electrons. The van der Waals surface area contributed by atoms with Crippen molar-refractivity contribution in [1.82, 2.24) is 9.80 Å². The zero-order chi connectivity index (χ0) is 14.3. The van der Waals surface area contributed by atoms with E-state index in [1.807, 2.05) is 13.8 Å². The van der Waals surface area contributed by atoms with Crippen molar-refractivity contribution in [2.75, 3.05) is 20.1 Å². The van der Waals surface area contributed by atoms with Gasteiger partial charge in [0.05, 0.1) is 0 Å². The zero-order valence-electron chi connectivity index (χ0n) is 11.0. The fourth-order valence-corrected chi connectivity index (χ4v) is 1.50. The van der Waals surface area contributed by atoms with Gasteiger partial charge in [-0.3, -0.25) is 9.59 Å². The number of rotatable bonds is 7. The van der Waals surface area contributed by atoms with Crippen molar-refractivity contribution >= 4 is 17.9 Å². The highest BCUT2D eigenvalue weighted by Gasteiger charge is 2.21. The number of amides is 3. The molecule has 0 saturated heterocycles. The summed E-state index contributed by atoms with van der Waals surface area (Å²) in [5, 5.41) is 8.56. The quantitative estimate of drug-likeness (QED) is 0.676. The molecule has 0 aromatic heterocycles. The predicted molar refractivity (Wildman–Crippen MR) is 65.9 cm³/mol. The van der Waals surface area contributed by atoms with Gasteiger partial charge in [-0.05, 0) is 20.3 Å². The SMILES string of the molecule is CC(C)N(CCCC(=O)O)C(=O)N(C)CC(N)=O. The van der Waals surface area contributed by atoms with Crippen LogP contribution in [0.3, 0.4) is 0 Å². The lowest BCUT2D eigenvalue weighted by Gasteiger charge is -2.30. The van der Waals surface area contributed by atoms with Gasteiger partial charge in [-0.1, -0.05) is 0 Å². The average molecular weight is 259 g/mol. The highest BCUT2D eigenvalue weighted by molar-refractivity contribution is 5.82. The van der Waals surface area contributed by atoms with Gasteiger partial charge in [-0.2, -0.15) is 0 Å². The molecule has 0 atom stereocenters. The minimum atomic E-state index is -0.892. The van der Waals surface area contributed by atoms with Gasteiger partial charge in [0.2, 0.25) is 5.91 Å². The van der Waals surface area contributed by atoms with Gasteiger partial charge >= 0.3 is 12.0 Å². The maximum absolute atomic E-state index is 12.0. The van der Waals surface area contributed by atoms with E-state index in [0.29, 0.717) is 13.0 Å². The first-order valence-electron chi connectivity index (χ1n) is 5.77. The zero-order valence-corrected chi connectivity index (χ0v) is 11.0. The summed E-state index contributed by atoms with van der Waals surface area (Å²) in [6.45, 7) is 3.85. The molecule has 0 unspecified atom stereocenters. The Balaban J connectivity index is 4.44. The van der Waals surface area contributed by atoms with Crippen molar-refractivity contribution in [1.29, 1.82) is 0 Å². The largest absolute Gasteiger partial charge is 0.481 e. The Morgan fingerprint density at radius 1 is 1.28 bits per heavy atom. The first-order valence-corrected chi connectivity index (χ1v) is 5.77. The van der Waals surface area contributed by atoms with E-state index in [4.69, 9.17) is 10.8 Å². The van der Waals surface area contributed by atoms with E-state index in [0.717, 1.165) is 0 Å². The Labute approximate surface area is 107 Å². The monoisotopic (exact) mass is 259 g/mol. The summed E-state index contributed by atoms with van der Waals surface area (Å²) in [5.41, 5.74) is 5.02. The second-order valence-corrected chi connectivity index (χ2v) is 4.39. The number of hydrogen-bond acceptors (Lipinski definition) is 3. The number of nitrogens with zero attached hydrogens (tertiary/aromatic N) is 2. The van der Waals surface area contributed by atoms with Gasteiger partial charge in [-0.25, -0.2) is 4.79 Å². The molecule has 0 fully saturated rings. The normalized spacial score (nSPS) is 10.2. The minimum absolute atomic E-state index is 0.00995. The van der Waals surface area contributed by atoms with Crippen LogP contribution in [0, 0.1) is 0 Å². The second kappa shape index (κ2) is 7.52. The van der Waals surface area contributed by atoms with Gasteiger partial charge < -0.3 is 20.6 Å². The maximum atomic E-state index is 12.0. The Morgan fingerprint density at radius 3 is 2.22 bits per heavy atom. The summed E-state index contributed by atoms with van der Waals surface area (Å²) >= 11 is 0. The molecule has 18 heavy (non-hydrogen) atoms. The highest BCUT2D eigenvalue weighted by atomic mass is 16.4. The molecule has 0 spiro atoms. The summed E-state index contributed by atoms with van der Waals surface area (Å²) in [5.74, 6) is -1.48. The Bertz CT molecular complexity index is 317. The summed E-state index contributed by atoms with van der Waals surface area (Å²) in [6, 6.07) is -0.393. The van der Waals surface area contributed by atoms with Crippen LogP contribution in [0.5, 0.6) is 0 Å². The van der Waals surface area contributed by atoms with Crippen LogP contribution in [-0.4, -0.2) is 59.0 Å². The number of carbonyl (C=O) groups excluding carboxylic acids is 2. The summed E-state index contributed by atoms with van der Waals surface area (Å²) in [4.78, 5) is 35.9. The molecule has 0 aromatic carbocycles. The van der Waals surface area contributed by atoms with Gasteiger partial charge in [0.25, 0.3) is 0 Å². The van der Waals surface area contributed by atoms with E-state index < -0.39 is 11.9 Å². The molecule has 3 N–H and O–H groups in total. The van der Waals surface area contributed by atoms with Crippen molar-refractivity contribution in [3.63, 3.8) is 0 Å². The van der Waals surface area contributed by atoms with E-state index in [9.17, 15) is 14.4 Å². The summed E-state index contributed by atoms with van der Waals surface area (Å²) < 4.78 is 0. The van der Waals surface area contributed by atoms with Crippen LogP contribution in [-0.2, 0) is 9.59 Å². The number of carboxylic acids is 1. The van der Waals surface area contributed by atoms with Crippen LogP contribution >= 0.6 is 0 Å². The van der Waals surface area contributed by atoms with Crippen LogP contribution in [0.15, 0.2) is 0 Å². The standard InChI is InChI=1S/C11H21N3O4/c1-8(2)14(6-4-5-10(16)17)11(18)13(3)7-9(12)15/h8H,4-7H2,1-3H3,(H2,12,15)(H,16,17). The molecular weight excluding hydrogens is 238 g/mol. The molecule has 0 heterocycles. The molecule has 0 aliphatic rings. The van der Waals surface area contributed by atoms with Crippen molar-refractivity contribution in [2.24, 2.45) is 5.73 Å². The lowest BCUT2D eigenvalue weighted by Crippen LogP contribution is -2.47. The first kappa shape index (κ1) is 16.2. The van der Waals surface area contributed by atoms with Crippen LogP contribution < -0.4 is 5.73 Å². The van der Waals surface area contributed by atoms with E-state index >= 15 is 0 Å². The van der Waals surface area contributed by atoms with Crippen molar-refractivity contribution in [2.45, 2.75) is 32.7 Å². The van der Waals surface area contributed by atoms with Gasteiger partial charge in [-0.15, -0.1) is 0 Å². The van der Waals surface area contributed by atoms with Gasteiger partial charge in [0, 0.05) is 26.1 Å². The molecule has 0 aromatic rings. The van der Waals surface area contributed by atoms with E-state index in [1.54, 1.807) is 0 Å². The Kier molecular flexibility index (Phi) is 6.77. The van der Waals surface area contributed by atoms with Gasteiger partial charge in [0.15, 0.2) is 0 Å². The number of hydrogen-bond donors (Lipinski definition) is 2. The number of carbonyl (C=O) groups is 3. The number of aliphatic carboxylic acids is 1. The smallest absolute Gasteiger partial charge is 0.320 e. The average Bonchev–Trinajstić information content (AvgIpc) is 2.21. The predicted octanol–water partition coefficient (Wildman–Crippen LogP) is 0.0987. The molecule has 3 amide bonds. The van der Waals surface area contributed by atoms with Crippen LogP contribution in [0.1, 0.15) is 26.7 Å². The third kappa shape index (κ3) is 6.07. The van der Waals surface area contributed by atoms with Crippen molar-refractivity contribution < 1.29 is 19.5 Å². The van der Waals surface area contributed by atoms with E-state index in [2.05, 4.69) is 0 Å². The summed E-state index contributed by atoms with van der Waals surface area (Å²) in [7, 11) is 1.49. The van der Waals surface area contributed by atoms with Crippen molar-refractivity contribution in [3.05, 3.63) is 0 Å². The van der Waals surface area contributed by atoms with Crippen LogP contribution in [0.4, 0.5) is 4.79 Å². The number of urea groups is 1. The maximum Gasteiger partial charge on any atom is 0.320 e. The lowest BCUT2D eigenvalue weighted by molar-refractivity contribution is -0.137.